The van der Waals surface area contributed by atoms with Gasteiger partial charge in [-0.05, 0) is 30.9 Å². The van der Waals surface area contributed by atoms with Gasteiger partial charge in [-0.3, -0.25) is 0 Å². The number of para-hydroxylation sites is 1. The van der Waals surface area contributed by atoms with Gasteiger partial charge in [-0.2, -0.15) is 0 Å². The fourth-order valence-electron chi connectivity index (χ4n) is 2.92. The van der Waals surface area contributed by atoms with Gasteiger partial charge in [0.15, 0.2) is 4.47 Å². The second kappa shape index (κ2) is 7.07. The van der Waals surface area contributed by atoms with Crippen molar-refractivity contribution < 1.29 is 0 Å². The van der Waals surface area contributed by atoms with E-state index in [4.69, 9.17) is 23.2 Å². The Hall–Kier alpha value is -0.970. The molecule has 22 heavy (non-hydrogen) atoms. The van der Waals surface area contributed by atoms with Crippen molar-refractivity contribution in [1.82, 2.24) is 4.98 Å². The average molecular weight is 356 g/mol. The molecule has 0 amide bonds. The van der Waals surface area contributed by atoms with Gasteiger partial charge < -0.3 is 10.2 Å². The molecule has 118 valence electrons. The minimum Gasteiger partial charge on any atom is -0.378 e. The number of thiazole rings is 1. The van der Waals surface area contributed by atoms with Gasteiger partial charge in [-0.25, -0.2) is 4.98 Å². The molecule has 0 saturated carbocycles. The molecule has 2 heterocycles. The van der Waals surface area contributed by atoms with Crippen LogP contribution in [0.1, 0.15) is 24.6 Å². The van der Waals surface area contributed by atoms with Gasteiger partial charge in [-0.1, -0.05) is 36.2 Å². The number of nitrogens with one attached hydrogen (secondary N) is 1. The van der Waals surface area contributed by atoms with Crippen LogP contribution in [0.25, 0.3) is 0 Å². The summed E-state index contributed by atoms with van der Waals surface area (Å²) in [4.78, 5) is 7.59. The molecular formula is C16H19Cl2N3S. The zero-order valence-corrected chi connectivity index (χ0v) is 14.8. The lowest BCUT2D eigenvalue weighted by molar-refractivity contribution is 0.447. The predicted octanol–water partition coefficient (Wildman–Crippen LogP) is 5.30. The molecule has 1 atom stereocenters. The molecule has 2 aromatic rings. The van der Waals surface area contributed by atoms with E-state index in [1.165, 1.54) is 24.2 Å². The molecule has 0 spiro atoms. The van der Waals surface area contributed by atoms with Crippen molar-refractivity contribution >= 4 is 45.9 Å². The molecule has 3 rings (SSSR count). The van der Waals surface area contributed by atoms with Crippen LogP contribution in [0.5, 0.6) is 0 Å². The van der Waals surface area contributed by atoms with Crippen molar-refractivity contribution in [2.24, 2.45) is 5.92 Å². The van der Waals surface area contributed by atoms with Crippen molar-refractivity contribution in [3.63, 3.8) is 0 Å². The highest BCUT2D eigenvalue weighted by molar-refractivity contribution is 7.15. The van der Waals surface area contributed by atoms with E-state index in [1.807, 2.05) is 18.3 Å². The van der Waals surface area contributed by atoms with Crippen LogP contribution in [-0.2, 0) is 6.54 Å². The molecule has 0 radical (unpaired) electrons. The monoisotopic (exact) mass is 355 g/mol. The summed E-state index contributed by atoms with van der Waals surface area (Å²) in [5.74, 6) is 0.707. The van der Waals surface area contributed by atoms with Gasteiger partial charge in [0.2, 0.25) is 0 Å². The van der Waals surface area contributed by atoms with Crippen molar-refractivity contribution in [1.29, 1.82) is 0 Å². The number of hydrogen-bond donors (Lipinski definition) is 1. The molecule has 3 nitrogen and oxygen atoms in total. The number of halogens is 2. The Labute approximate surface area is 145 Å². The topological polar surface area (TPSA) is 28.2 Å². The summed E-state index contributed by atoms with van der Waals surface area (Å²) in [6, 6.07) is 6.04. The van der Waals surface area contributed by atoms with Crippen molar-refractivity contribution in [2.75, 3.05) is 23.3 Å². The minimum absolute atomic E-state index is 0.577. The van der Waals surface area contributed by atoms with Crippen molar-refractivity contribution in [3.05, 3.63) is 38.8 Å². The first kappa shape index (κ1) is 15.9. The molecule has 1 unspecified atom stereocenters. The maximum Gasteiger partial charge on any atom is 0.183 e. The SMILES string of the molecule is CC1CCCN(c2c(Cl)cccc2NCc2cnc(Cl)s2)C1. The quantitative estimate of drug-likeness (QED) is 0.806. The van der Waals surface area contributed by atoms with Gasteiger partial charge in [0, 0.05) is 24.2 Å². The maximum atomic E-state index is 6.48. The molecule has 1 aliphatic rings. The molecule has 1 aliphatic heterocycles. The largest absolute Gasteiger partial charge is 0.378 e. The first-order valence-corrected chi connectivity index (χ1v) is 9.08. The van der Waals surface area contributed by atoms with Gasteiger partial charge in [0.1, 0.15) is 0 Å². The van der Waals surface area contributed by atoms with E-state index in [1.54, 1.807) is 0 Å². The lowest BCUT2D eigenvalue weighted by atomic mass is 9.99. The average Bonchev–Trinajstić information content (AvgIpc) is 2.91. The Balaban J connectivity index is 1.79. The Kier molecular flexibility index (Phi) is 5.11. The Morgan fingerprint density at radius 1 is 1.41 bits per heavy atom. The van der Waals surface area contributed by atoms with E-state index in [2.05, 4.69) is 28.2 Å². The third-order valence-electron chi connectivity index (χ3n) is 3.94. The summed E-state index contributed by atoms with van der Waals surface area (Å²) in [6.07, 6.45) is 4.33. The van der Waals surface area contributed by atoms with Crippen molar-refractivity contribution in [2.45, 2.75) is 26.3 Å². The molecule has 6 heteroatoms. The highest BCUT2D eigenvalue weighted by Gasteiger charge is 2.21. The second-order valence-corrected chi connectivity index (χ2v) is 7.87. The highest BCUT2D eigenvalue weighted by atomic mass is 35.5. The first-order chi connectivity index (χ1) is 10.6. The van der Waals surface area contributed by atoms with E-state index in [-0.39, 0.29) is 0 Å². The van der Waals surface area contributed by atoms with Gasteiger partial charge in [-0.15, -0.1) is 11.3 Å². The molecule has 1 saturated heterocycles. The smallest absolute Gasteiger partial charge is 0.183 e. The first-order valence-electron chi connectivity index (χ1n) is 7.51. The molecule has 0 aliphatic carbocycles. The predicted molar refractivity (Wildman–Crippen MR) is 96.5 cm³/mol. The standard InChI is InChI=1S/C16H19Cl2N3S/c1-11-4-3-7-21(10-11)15-13(17)5-2-6-14(15)19-8-12-9-20-16(18)22-12/h2,5-6,9,11,19H,3-4,7-8,10H2,1H3. The Morgan fingerprint density at radius 2 is 2.27 bits per heavy atom. The zero-order valence-electron chi connectivity index (χ0n) is 12.5. The number of piperidine rings is 1. The number of anilines is 2. The van der Waals surface area contributed by atoms with Crippen LogP contribution in [0.15, 0.2) is 24.4 Å². The van der Waals surface area contributed by atoms with E-state index >= 15 is 0 Å². The van der Waals surface area contributed by atoms with Crippen LogP contribution < -0.4 is 10.2 Å². The van der Waals surface area contributed by atoms with Gasteiger partial charge in [0.05, 0.1) is 22.9 Å². The summed E-state index contributed by atoms with van der Waals surface area (Å²) in [5.41, 5.74) is 2.19. The van der Waals surface area contributed by atoms with Gasteiger partial charge in [0.25, 0.3) is 0 Å². The van der Waals surface area contributed by atoms with E-state index in [0.29, 0.717) is 16.9 Å². The summed E-state index contributed by atoms with van der Waals surface area (Å²) in [7, 11) is 0. The van der Waals surface area contributed by atoms with E-state index in [9.17, 15) is 0 Å². The van der Waals surface area contributed by atoms with Crippen LogP contribution in [0.2, 0.25) is 9.49 Å². The van der Waals surface area contributed by atoms with Crippen LogP contribution >= 0.6 is 34.5 Å². The molecule has 0 bridgehead atoms. The third-order valence-corrected chi connectivity index (χ3v) is 5.36. The molecule has 1 aromatic heterocycles. The van der Waals surface area contributed by atoms with E-state index in [0.717, 1.165) is 34.4 Å². The summed E-state index contributed by atoms with van der Waals surface area (Å²) >= 11 is 13.9. The second-order valence-electron chi connectivity index (χ2n) is 5.76. The summed E-state index contributed by atoms with van der Waals surface area (Å²) < 4.78 is 0.577. The number of hydrogen-bond acceptors (Lipinski definition) is 4. The Morgan fingerprint density at radius 3 is 3.00 bits per heavy atom. The number of rotatable bonds is 4. The van der Waals surface area contributed by atoms with Crippen molar-refractivity contribution in [3.8, 4) is 0 Å². The lowest BCUT2D eigenvalue weighted by Crippen LogP contribution is -2.34. The van der Waals surface area contributed by atoms with E-state index < -0.39 is 0 Å². The van der Waals surface area contributed by atoms with Crippen LogP contribution in [0.4, 0.5) is 11.4 Å². The summed E-state index contributed by atoms with van der Waals surface area (Å²) in [5, 5.41) is 4.29. The molecule has 1 N–H and O–H groups in total. The molecule has 1 fully saturated rings. The number of nitrogens with zero attached hydrogens (tertiary/aromatic N) is 2. The highest BCUT2D eigenvalue weighted by Crippen LogP contribution is 2.36. The maximum absolute atomic E-state index is 6.48. The number of aromatic nitrogens is 1. The summed E-state index contributed by atoms with van der Waals surface area (Å²) in [6.45, 7) is 5.14. The van der Waals surface area contributed by atoms with Crippen LogP contribution in [0, 0.1) is 5.92 Å². The molecule has 1 aromatic carbocycles. The third kappa shape index (κ3) is 3.67. The fourth-order valence-corrected chi connectivity index (χ4v) is 4.13. The lowest BCUT2D eigenvalue weighted by Gasteiger charge is -2.34. The van der Waals surface area contributed by atoms with Crippen LogP contribution in [0.3, 0.4) is 0 Å². The normalized spacial score (nSPS) is 18.5. The fraction of sp³-hybridized carbons (Fsp3) is 0.438. The number of benzene rings is 1. The zero-order chi connectivity index (χ0) is 15.5. The van der Waals surface area contributed by atoms with Crippen LogP contribution in [-0.4, -0.2) is 18.1 Å². The van der Waals surface area contributed by atoms with Gasteiger partial charge >= 0.3 is 0 Å². The molecular weight excluding hydrogens is 337 g/mol. The minimum atomic E-state index is 0.577. The Bertz CT molecular complexity index is 644.